The molecule has 1 unspecified atom stereocenters. The lowest BCUT2D eigenvalue weighted by Crippen LogP contribution is -2.41. The number of carbonyl (C=O) groups is 1. The van der Waals surface area contributed by atoms with E-state index in [-0.39, 0.29) is 17.9 Å². The topological polar surface area (TPSA) is 37.3 Å². The zero-order valence-corrected chi connectivity index (χ0v) is 18.5. The zero-order valence-electron chi connectivity index (χ0n) is 18.5. The molecular weight excluding hydrogens is 413 g/mol. The molecule has 3 aromatic carbocycles. The number of para-hydroxylation sites is 1. The van der Waals surface area contributed by atoms with Gasteiger partial charge < -0.3 is 14.8 Å². The molecule has 2 heterocycles. The summed E-state index contributed by atoms with van der Waals surface area (Å²) in [6.45, 7) is 2.95. The average molecular weight is 440 g/mol. The van der Waals surface area contributed by atoms with E-state index in [4.69, 9.17) is 0 Å². The lowest BCUT2D eigenvalue weighted by molar-refractivity contribution is 0.180. The van der Waals surface area contributed by atoms with Gasteiger partial charge in [0.25, 0.3) is 0 Å². The number of nitrogens with zero attached hydrogens (tertiary/aromatic N) is 2. The first-order valence-electron chi connectivity index (χ1n) is 11.3. The summed E-state index contributed by atoms with van der Waals surface area (Å²) in [6, 6.07) is 26.6. The van der Waals surface area contributed by atoms with Gasteiger partial charge >= 0.3 is 6.03 Å². The van der Waals surface area contributed by atoms with Crippen molar-refractivity contribution in [2.75, 3.05) is 0 Å². The number of benzene rings is 3. The Morgan fingerprint density at radius 3 is 2.42 bits per heavy atom. The molecule has 1 aliphatic rings. The van der Waals surface area contributed by atoms with Crippen molar-refractivity contribution in [1.82, 2.24) is 14.8 Å². The van der Waals surface area contributed by atoms with Gasteiger partial charge in [-0.25, -0.2) is 9.18 Å². The number of amides is 2. The molecule has 1 aliphatic heterocycles. The number of urea groups is 1. The number of carbonyl (C=O) groups excluding carboxylic acids is 1. The summed E-state index contributed by atoms with van der Waals surface area (Å²) >= 11 is 0. The van der Waals surface area contributed by atoms with Crippen molar-refractivity contribution in [3.8, 4) is 5.69 Å². The van der Waals surface area contributed by atoms with E-state index in [9.17, 15) is 9.18 Å². The fourth-order valence-corrected chi connectivity index (χ4v) is 4.51. The lowest BCUT2D eigenvalue weighted by atomic mass is 10.00. The van der Waals surface area contributed by atoms with Crippen molar-refractivity contribution in [1.29, 1.82) is 0 Å². The van der Waals surface area contributed by atoms with Crippen LogP contribution < -0.4 is 5.32 Å². The SMILES string of the molecule is CCc1ccc(C2c3cccn3-c3ccccc3CN2C(=O)NCc2ccc(F)cc2)cc1. The van der Waals surface area contributed by atoms with Crippen molar-refractivity contribution < 1.29 is 9.18 Å². The van der Waals surface area contributed by atoms with Crippen molar-refractivity contribution in [3.63, 3.8) is 0 Å². The summed E-state index contributed by atoms with van der Waals surface area (Å²) in [6.07, 6.45) is 3.02. The Morgan fingerprint density at radius 2 is 1.67 bits per heavy atom. The minimum atomic E-state index is -0.287. The molecule has 0 saturated heterocycles. The fourth-order valence-electron chi connectivity index (χ4n) is 4.51. The molecule has 2 amide bonds. The van der Waals surface area contributed by atoms with Crippen LogP contribution in [0, 0.1) is 5.82 Å². The third kappa shape index (κ3) is 4.14. The van der Waals surface area contributed by atoms with Gasteiger partial charge in [0.15, 0.2) is 0 Å². The van der Waals surface area contributed by atoms with Crippen LogP contribution in [0.4, 0.5) is 9.18 Å². The Labute approximate surface area is 193 Å². The Bertz CT molecular complexity index is 1260. The van der Waals surface area contributed by atoms with E-state index in [1.54, 1.807) is 12.1 Å². The first-order chi connectivity index (χ1) is 16.1. The van der Waals surface area contributed by atoms with E-state index in [2.05, 4.69) is 65.5 Å². The summed E-state index contributed by atoms with van der Waals surface area (Å²) in [7, 11) is 0. The Balaban J connectivity index is 1.54. The minimum Gasteiger partial charge on any atom is -0.334 e. The third-order valence-corrected chi connectivity index (χ3v) is 6.29. The molecular formula is C28H26FN3O. The first-order valence-corrected chi connectivity index (χ1v) is 11.3. The van der Waals surface area contributed by atoms with E-state index in [0.29, 0.717) is 13.1 Å². The number of hydrogen-bond donors (Lipinski definition) is 1. The molecule has 1 N–H and O–H groups in total. The second kappa shape index (κ2) is 8.94. The molecule has 0 bridgehead atoms. The van der Waals surface area contributed by atoms with Crippen LogP contribution in [0.15, 0.2) is 91.1 Å². The van der Waals surface area contributed by atoms with Gasteiger partial charge in [-0.3, -0.25) is 0 Å². The summed E-state index contributed by atoms with van der Waals surface area (Å²) < 4.78 is 15.4. The number of rotatable bonds is 4. The first kappa shape index (κ1) is 21.0. The number of nitrogens with one attached hydrogen (secondary N) is 1. The highest BCUT2D eigenvalue weighted by Gasteiger charge is 2.32. The van der Waals surface area contributed by atoms with Crippen LogP contribution in [0.25, 0.3) is 5.69 Å². The molecule has 0 spiro atoms. The Morgan fingerprint density at radius 1 is 0.939 bits per heavy atom. The van der Waals surface area contributed by atoms with Gasteiger partial charge in [-0.15, -0.1) is 0 Å². The predicted molar refractivity (Wildman–Crippen MR) is 128 cm³/mol. The molecule has 5 rings (SSSR count). The van der Waals surface area contributed by atoms with Gasteiger partial charge in [-0.2, -0.15) is 0 Å². The molecule has 0 fully saturated rings. The van der Waals surface area contributed by atoms with E-state index in [1.165, 1.54) is 17.7 Å². The molecule has 33 heavy (non-hydrogen) atoms. The molecule has 166 valence electrons. The van der Waals surface area contributed by atoms with Crippen LogP contribution in [0.3, 0.4) is 0 Å². The summed E-state index contributed by atoms with van der Waals surface area (Å²) in [5.74, 6) is -0.287. The normalized spacial score (nSPS) is 14.8. The van der Waals surface area contributed by atoms with E-state index in [1.807, 2.05) is 23.1 Å². The molecule has 0 saturated carbocycles. The van der Waals surface area contributed by atoms with E-state index >= 15 is 0 Å². The highest BCUT2D eigenvalue weighted by Crippen LogP contribution is 2.36. The average Bonchev–Trinajstić information content (AvgIpc) is 3.28. The number of halogens is 1. The fraction of sp³-hybridized carbons (Fsp3) is 0.179. The van der Waals surface area contributed by atoms with Gasteiger partial charge in [-0.1, -0.05) is 61.5 Å². The highest BCUT2D eigenvalue weighted by atomic mass is 19.1. The Kier molecular flexibility index (Phi) is 5.69. The summed E-state index contributed by atoms with van der Waals surface area (Å²) in [5.41, 5.74) is 6.39. The standard InChI is InChI=1S/C28H26FN3O/c1-2-20-9-13-22(14-10-20)27-26-8-5-17-31(26)25-7-4-3-6-23(25)19-32(27)28(33)30-18-21-11-15-24(29)16-12-21/h3-17,27H,2,18-19H2,1H3,(H,30,33). The van der Waals surface area contributed by atoms with Gasteiger partial charge in [-0.05, 0) is 59.0 Å². The van der Waals surface area contributed by atoms with Gasteiger partial charge in [0.05, 0.1) is 18.3 Å². The quantitative estimate of drug-likeness (QED) is 0.416. The second-order valence-corrected chi connectivity index (χ2v) is 8.34. The van der Waals surface area contributed by atoms with Crippen LogP contribution in [-0.2, 0) is 19.5 Å². The number of hydrogen-bond acceptors (Lipinski definition) is 1. The number of fused-ring (bicyclic) bond motifs is 3. The number of aromatic nitrogens is 1. The molecule has 5 heteroatoms. The maximum Gasteiger partial charge on any atom is 0.318 e. The number of aryl methyl sites for hydroxylation is 1. The smallest absolute Gasteiger partial charge is 0.318 e. The molecule has 1 aromatic heterocycles. The maximum absolute atomic E-state index is 13.6. The maximum atomic E-state index is 13.6. The van der Waals surface area contributed by atoms with Crippen LogP contribution >= 0.6 is 0 Å². The van der Waals surface area contributed by atoms with Crippen molar-refractivity contribution in [3.05, 3.63) is 125 Å². The van der Waals surface area contributed by atoms with Crippen molar-refractivity contribution >= 4 is 6.03 Å². The molecule has 0 aliphatic carbocycles. The highest BCUT2D eigenvalue weighted by molar-refractivity contribution is 5.76. The second-order valence-electron chi connectivity index (χ2n) is 8.34. The minimum absolute atomic E-state index is 0.159. The predicted octanol–water partition coefficient (Wildman–Crippen LogP) is 5.99. The van der Waals surface area contributed by atoms with Crippen LogP contribution in [0.5, 0.6) is 0 Å². The van der Waals surface area contributed by atoms with Crippen molar-refractivity contribution in [2.24, 2.45) is 0 Å². The van der Waals surface area contributed by atoms with Gasteiger partial charge in [0.1, 0.15) is 5.82 Å². The molecule has 0 radical (unpaired) electrons. The van der Waals surface area contributed by atoms with Crippen LogP contribution in [-0.4, -0.2) is 15.5 Å². The molecule has 4 aromatic rings. The van der Waals surface area contributed by atoms with E-state index < -0.39 is 0 Å². The monoisotopic (exact) mass is 439 g/mol. The largest absolute Gasteiger partial charge is 0.334 e. The zero-order chi connectivity index (χ0) is 22.8. The third-order valence-electron chi connectivity index (χ3n) is 6.29. The van der Waals surface area contributed by atoms with Gasteiger partial charge in [0.2, 0.25) is 0 Å². The molecule has 1 atom stereocenters. The summed E-state index contributed by atoms with van der Waals surface area (Å²) in [4.78, 5) is 15.5. The van der Waals surface area contributed by atoms with Crippen LogP contribution in [0.2, 0.25) is 0 Å². The lowest BCUT2D eigenvalue weighted by Gasteiger charge is -2.31. The molecule has 4 nitrogen and oxygen atoms in total. The summed E-state index contributed by atoms with van der Waals surface area (Å²) in [5, 5.41) is 3.05. The Hall–Kier alpha value is -3.86. The van der Waals surface area contributed by atoms with Crippen molar-refractivity contribution in [2.45, 2.75) is 32.5 Å². The van der Waals surface area contributed by atoms with E-state index in [0.717, 1.165) is 34.5 Å². The van der Waals surface area contributed by atoms with Gasteiger partial charge in [0, 0.05) is 18.4 Å². The van der Waals surface area contributed by atoms with Crippen LogP contribution in [0.1, 0.15) is 40.9 Å².